The fourth-order valence-electron chi connectivity index (χ4n) is 6.40. The van der Waals surface area contributed by atoms with Gasteiger partial charge in [-0.1, -0.05) is 132 Å². The Morgan fingerprint density at radius 3 is 1.35 bits per heavy atom. The lowest BCUT2D eigenvalue weighted by Crippen LogP contribution is -2.15. The molecule has 0 fully saturated rings. The molecule has 0 saturated carbocycles. The van der Waals surface area contributed by atoms with Crippen LogP contribution in [0.3, 0.4) is 0 Å². The van der Waals surface area contributed by atoms with Gasteiger partial charge in [0.15, 0.2) is 0 Å². The van der Waals surface area contributed by atoms with Gasteiger partial charge in [-0.25, -0.2) is 0 Å². The Bertz CT molecular complexity index is 1920. The molecule has 0 unspecified atom stereocenters. The van der Waals surface area contributed by atoms with Crippen LogP contribution >= 0.6 is 8.60 Å². The second kappa shape index (κ2) is 11.8. The van der Waals surface area contributed by atoms with E-state index in [9.17, 15) is 9.79 Å². The first-order valence-electron chi connectivity index (χ1n) is 16.3. The fraction of sp³-hybridized carbons (Fsp3) is 0.381. The third-order valence-electron chi connectivity index (χ3n) is 9.07. The van der Waals surface area contributed by atoms with Crippen LogP contribution in [-0.2, 0) is 21.7 Å². The van der Waals surface area contributed by atoms with Crippen molar-refractivity contribution in [3.8, 4) is 28.0 Å². The van der Waals surface area contributed by atoms with Crippen molar-refractivity contribution in [2.24, 2.45) is 0 Å². The normalized spacial score (nSPS) is 13.2. The molecule has 0 spiro atoms. The zero-order valence-corrected chi connectivity index (χ0v) is 30.6. The average molecular weight is 635 g/mol. The van der Waals surface area contributed by atoms with Crippen molar-refractivity contribution in [2.45, 2.75) is 105 Å². The quantitative estimate of drug-likeness (QED) is 0.193. The first kappa shape index (κ1) is 34.1. The number of hydrogen-bond donors (Lipinski definition) is 2. The predicted molar refractivity (Wildman–Crippen MR) is 199 cm³/mol. The van der Waals surface area contributed by atoms with Gasteiger partial charge in [0.1, 0.15) is 5.75 Å². The molecule has 0 atom stereocenters. The van der Waals surface area contributed by atoms with Crippen LogP contribution in [0.25, 0.3) is 43.8 Å². The summed E-state index contributed by atoms with van der Waals surface area (Å²) in [6.45, 7) is 27.0. The van der Waals surface area contributed by atoms with E-state index in [2.05, 4.69) is 150 Å². The number of hydrogen-bond acceptors (Lipinski definition) is 3. The number of benzene rings is 5. The molecule has 0 amide bonds. The van der Waals surface area contributed by atoms with Crippen LogP contribution in [-0.4, -0.2) is 9.79 Å². The van der Waals surface area contributed by atoms with Gasteiger partial charge in [0.25, 0.3) is 0 Å². The molecule has 242 valence electrons. The summed E-state index contributed by atoms with van der Waals surface area (Å²) >= 11 is 0. The minimum Gasteiger partial charge on any atom is -0.426 e. The SMILES string of the molecule is CC(C)(C)c1ccc2cc(-c3cccc(OP(O)O)c3-c3cc4ccc(C(C)(C)C)cc4cc3C(C)(C)C)c(C(C)(C)C)cc2c1. The van der Waals surface area contributed by atoms with E-state index < -0.39 is 8.60 Å². The van der Waals surface area contributed by atoms with E-state index in [-0.39, 0.29) is 21.7 Å². The highest BCUT2D eigenvalue weighted by Gasteiger charge is 2.28. The lowest BCUT2D eigenvalue weighted by molar-refractivity contribution is 0.375. The number of fused-ring (bicyclic) bond motifs is 2. The van der Waals surface area contributed by atoms with Crippen LogP contribution in [0, 0.1) is 0 Å². The third kappa shape index (κ3) is 6.89. The van der Waals surface area contributed by atoms with Crippen molar-refractivity contribution in [1.82, 2.24) is 0 Å². The van der Waals surface area contributed by atoms with Crippen LogP contribution in [0.5, 0.6) is 5.75 Å². The molecule has 4 heteroatoms. The molecule has 5 aromatic rings. The maximum absolute atomic E-state index is 10.2. The highest BCUT2D eigenvalue weighted by atomic mass is 31.2. The molecule has 0 saturated heterocycles. The van der Waals surface area contributed by atoms with Crippen molar-refractivity contribution in [1.29, 1.82) is 0 Å². The first-order valence-corrected chi connectivity index (χ1v) is 17.5. The Morgan fingerprint density at radius 1 is 0.457 bits per heavy atom. The van der Waals surface area contributed by atoms with E-state index in [1.807, 2.05) is 12.1 Å². The summed E-state index contributed by atoms with van der Waals surface area (Å²) in [6.07, 6.45) is 0. The Hall–Kier alpha value is -3.23. The van der Waals surface area contributed by atoms with Crippen molar-refractivity contribution in [3.05, 3.63) is 101 Å². The molecule has 5 rings (SSSR count). The zero-order chi connectivity index (χ0) is 34.0. The molecule has 0 bridgehead atoms. The average Bonchev–Trinajstić information content (AvgIpc) is 2.93. The Kier molecular flexibility index (Phi) is 8.74. The summed E-state index contributed by atoms with van der Waals surface area (Å²) in [4.78, 5) is 20.3. The summed E-state index contributed by atoms with van der Waals surface area (Å²) in [7, 11) is -2.63. The van der Waals surface area contributed by atoms with Gasteiger partial charge in [-0.3, -0.25) is 0 Å². The lowest BCUT2D eigenvalue weighted by atomic mass is 9.75. The van der Waals surface area contributed by atoms with Crippen molar-refractivity contribution < 1.29 is 14.3 Å². The zero-order valence-electron chi connectivity index (χ0n) is 29.8. The van der Waals surface area contributed by atoms with Crippen LogP contribution in [0.1, 0.15) is 105 Å². The molecule has 0 radical (unpaired) electrons. The van der Waals surface area contributed by atoms with Crippen LogP contribution in [0.4, 0.5) is 0 Å². The highest BCUT2D eigenvalue weighted by molar-refractivity contribution is 7.39. The van der Waals surface area contributed by atoms with E-state index in [0.29, 0.717) is 5.75 Å². The summed E-state index contributed by atoms with van der Waals surface area (Å²) in [5.74, 6) is 0.466. The van der Waals surface area contributed by atoms with Crippen LogP contribution in [0.2, 0.25) is 0 Å². The maximum Gasteiger partial charge on any atom is 0.391 e. The van der Waals surface area contributed by atoms with Crippen LogP contribution in [0.15, 0.2) is 78.9 Å². The number of rotatable bonds is 4. The van der Waals surface area contributed by atoms with Crippen molar-refractivity contribution >= 4 is 30.1 Å². The molecule has 5 aromatic carbocycles. The Balaban J connectivity index is 1.90. The van der Waals surface area contributed by atoms with Crippen molar-refractivity contribution in [2.75, 3.05) is 0 Å². The van der Waals surface area contributed by atoms with Crippen molar-refractivity contribution in [3.63, 3.8) is 0 Å². The molecule has 0 aliphatic carbocycles. The molecule has 3 nitrogen and oxygen atoms in total. The predicted octanol–water partition coefficient (Wildman–Crippen LogP) is 12.1. The van der Waals surface area contributed by atoms with E-state index in [4.69, 9.17) is 4.52 Å². The van der Waals surface area contributed by atoms with E-state index >= 15 is 0 Å². The molecule has 0 heterocycles. The molecular weight excluding hydrogens is 583 g/mol. The van der Waals surface area contributed by atoms with E-state index in [1.165, 1.54) is 38.4 Å². The first-order chi connectivity index (χ1) is 21.1. The molecule has 0 aromatic heterocycles. The molecule has 2 N–H and O–H groups in total. The monoisotopic (exact) mass is 634 g/mol. The van der Waals surface area contributed by atoms with Gasteiger partial charge in [-0.15, -0.1) is 0 Å². The molecule has 0 aliphatic heterocycles. The topological polar surface area (TPSA) is 49.7 Å². The largest absolute Gasteiger partial charge is 0.426 e. The van der Waals surface area contributed by atoms with Crippen LogP contribution < -0.4 is 4.52 Å². The van der Waals surface area contributed by atoms with Gasteiger partial charge < -0.3 is 14.3 Å². The van der Waals surface area contributed by atoms with Gasteiger partial charge in [0.05, 0.1) is 0 Å². The second-order valence-electron chi connectivity index (χ2n) is 16.9. The smallest absolute Gasteiger partial charge is 0.391 e. The molecule has 0 aliphatic rings. The second-order valence-corrected chi connectivity index (χ2v) is 17.6. The Labute approximate surface area is 277 Å². The fourth-order valence-corrected chi connectivity index (χ4v) is 6.72. The van der Waals surface area contributed by atoms with Gasteiger partial charge in [0.2, 0.25) is 0 Å². The summed E-state index contributed by atoms with van der Waals surface area (Å²) in [6, 6.07) is 28.7. The highest BCUT2D eigenvalue weighted by Crippen LogP contribution is 2.49. The van der Waals surface area contributed by atoms with Gasteiger partial charge >= 0.3 is 8.60 Å². The van der Waals surface area contributed by atoms with Gasteiger partial charge in [0, 0.05) is 5.56 Å². The lowest BCUT2D eigenvalue weighted by Gasteiger charge is -2.29. The third-order valence-corrected chi connectivity index (χ3v) is 9.43. The molecular formula is C42H51O3P. The minimum atomic E-state index is -2.63. The Morgan fingerprint density at radius 2 is 0.913 bits per heavy atom. The van der Waals surface area contributed by atoms with Gasteiger partial charge in [-0.05, 0) is 112 Å². The summed E-state index contributed by atoms with van der Waals surface area (Å²) in [5, 5.41) is 4.73. The standard InChI is InChI=1S/C42H51O3P/c1-39(2,3)30-18-16-26-22-33(35(41(7,8)9)24-28(26)20-30)32-14-13-15-37(45-46(43)44)38(32)34-23-27-17-19-31(40(4,5)6)21-29(27)25-36(34)42(10,11)12/h13-25,43-44H,1-12H3. The maximum atomic E-state index is 10.2. The van der Waals surface area contributed by atoms with E-state index in [0.717, 1.165) is 27.6 Å². The minimum absolute atomic E-state index is 0.0366. The van der Waals surface area contributed by atoms with E-state index in [1.54, 1.807) is 0 Å². The summed E-state index contributed by atoms with van der Waals surface area (Å²) < 4.78 is 5.85. The summed E-state index contributed by atoms with van der Waals surface area (Å²) in [5.41, 5.74) is 8.78. The molecule has 46 heavy (non-hydrogen) atoms. The van der Waals surface area contributed by atoms with Gasteiger partial charge in [-0.2, -0.15) is 0 Å².